The fourth-order valence-corrected chi connectivity index (χ4v) is 2.97. The number of anilines is 2. The van der Waals surface area contributed by atoms with Crippen molar-refractivity contribution in [3.63, 3.8) is 0 Å². The summed E-state index contributed by atoms with van der Waals surface area (Å²) in [6, 6.07) is 11.5. The zero-order chi connectivity index (χ0) is 20.9. The van der Waals surface area contributed by atoms with Crippen LogP contribution in [0.5, 0.6) is 0 Å². The highest BCUT2D eigenvalue weighted by Gasteiger charge is 2.20. The molecule has 2 aromatic heterocycles. The number of carbonyl (C=O) groups excluding carboxylic acids is 2. The normalized spacial score (nSPS) is 11.1. The molecular formula is C20H22N4O4S. The standard InChI is InChI=1S/C20H22N4O4S/c1-20(2,3)15-9-17(28-24-15)23-16(25)11-27-18(26)14-12-29-19(22-14)21-10-13-7-5-4-6-8-13/h4-9,12H,10-11H2,1-3H3,(H,21,22)(H,23,25). The number of aromatic nitrogens is 2. The fourth-order valence-electron chi connectivity index (χ4n) is 2.29. The monoisotopic (exact) mass is 414 g/mol. The second kappa shape index (κ2) is 8.87. The number of hydrogen-bond donors (Lipinski definition) is 2. The van der Waals surface area contributed by atoms with Gasteiger partial charge < -0.3 is 14.6 Å². The van der Waals surface area contributed by atoms with Crippen LogP contribution in [0.25, 0.3) is 0 Å². The third-order valence-electron chi connectivity index (χ3n) is 3.88. The highest BCUT2D eigenvalue weighted by Crippen LogP contribution is 2.23. The lowest BCUT2D eigenvalue weighted by Gasteiger charge is -2.12. The highest BCUT2D eigenvalue weighted by molar-refractivity contribution is 7.13. The third kappa shape index (κ3) is 5.89. The molecule has 0 atom stereocenters. The van der Waals surface area contributed by atoms with Crippen LogP contribution in [-0.2, 0) is 21.5 Å². The SMILES string of the molecule is CC(C)(C)c1cc(NC(=O)COC(=O)c2csc(NCc3ccccc3)n2)on1. The van der Waals surface area contributed by atoms with E-state index in [0.29, 0.717) is 17.4 Å². The van der Waals surface area contributed by atoms with Crippen LogP contribution < -0.4 is 10.6 Å². The summed E-state index contributed by atoms with van der Waals surface area (Å²) in [4.78, 5) is 28.3. The van der Waals surface area contributed by atoms with Crippen LogP contribution in [0, 0.1) is 0 Å². The Labute approximate surface area is 172 Å². The molecule has 2 heterocycles. The molecule has 8 nitrogen and oxygen atoms in total. The van der Waals surface area contributed by atoms with Crippen molar-refractivity contribution in [1.82, 2.24) is 10.1 Å². The maximum atomic E-state index is 12.1. The molecule has 0 saturated heterocycles. The predicted molar refractivity (Wildman–Crippen MR) is 110 cm³/mol. The van der Waals surface area contributed by atoms with Crippen molar-refractivity contribution in [3.05, 3.63) is 58.7 Å². The summed E-state index contributed by atoms with van der Waals surface area (Å²) in [5, 5.41) is 11.8. The average molecular weight is 414 g/mol. The second-order valence-corrected chi connectivity index (χ2v) is 8.19. The Morgan fingerprint density at radius 1 is 1.21 bits per heavy atom. The van der Waals surface area contributed by atoms with E-state index in [-0.39, 0.29) is 17.0 Å². The summed E-state index contributed by atoms with van der Waals surface area (Å²) in [7, 11) is 0. The number of hydrogen-bond acceptors (Lipinski definition) is 8. The van der Waals surface area contributed by atoms with Crippen LogP contribution in [0.2, 0.25) is 0 Å². The maximum Gasteiger partial charge on any atom is 0.358 e. The number of benzene rings is 1. The minimum atomic E-state index is -0.669. The minimum Gasteiger partial charge on any atom is -0.451 e. The smallest absolute Gasteiger partial charge is 0.358 e. The molecule has 2 N–H and O–H groups in total. The molecular weight excluding hydrogens is 392 g/mol. The second-order valence-electron chi connectivity index (χ2n) is 7.33. The molecule has 0 radical (unpaired) electrons. The number of amides is 1. The van der Waals surface area contributed by atoms with Crippen LogP contribution in [0.15, 0.2) is 46.3 Å². The molecule has 9 heteroatoms. The molecule has 0 fully saturated rings. The van der Waals surface area contributed by atoms with Gasteiger partial charge in [0.1, 0.15) is 0 Å². The molecule has 152 valence electrons. The first-order chi connectivity index (χ1) is 13.8. The summed E-state index contributed by atoms with van der Waals surface area (Å²) in [5.41, 5.74) is 1.76. The molecule has 0 saturated carbocycles. The van der Waals surface area contributed by atoms with E-state index in [4.69, 9.17) is 9.26 Å². The van der Waals surface area contributed by atoms with Crippen LogP contribution in [-0.4, -0.2) is 28.6 Å². The zero-order valence-electron chi connectivity index (χ0n) is 16.4. The van der Waals surface area contributed by atoms with Gasteiger partial charge in [-0.2, -0.15) is 0 Å². The van der Waals surface area contributed by atoms with E-state index in [9.17, 15) is 9.59 Å². The van der Waals surface area contributed by atoms with Crippen LogP contribution >= 0.6 is 11.3 Å². The van der Waals surface area contributed by atoms with Gasteiger partial charge in [0.25, 0.3) is 5.91 Å². The quantitative estimate of drug-likeness (QED) is 0.566. The molecule has 1 aromatic carbocycles. The van der Waals surface area contributed by atoms with Gasteiger partial charge in [0, 0.05) is 23.4 Å². The van der Waals surface area contributed by atoms with Crippen molar-refractivity contribution in [2.45, 2.75) is 32.7 Å². The van der Waals surface area contributed by atoms with Gasteiger partial charge in [-0.15, -0.1) is 11.3 Å². The van der Waals surface area contributed by atoms with Crippen LogP contribution in [0.1, 0.15) is 42.5 Å². The Morgan fingerprint density at radius 2 is 1.97 bits per heavy atom. The first-order valence-electron chi connectivity index (χ1n) is 8.99. The Bertz CT molecular complexity index is 976. The number of carbonyl (C=O) groups is 2. The van der Waals surface area contributed by atoms with Gasteiger partial charge in [0.2, 0.25) is 5.88 Å². The van der Waals surface area contributed by atoms with E-state index >= 15 is 0 Å². The number of ether oxygens (including phenoxy) is 1. The van der Waals surface area contributed by atoms with Crippen molar-refractivity contribution in [3.8, 4) is 0 Å². The molecule has 0 spiro atoms. The van der Waals surface area contributed by atoms with Crippen molar-refractivity contribution in [1.29, 1.82) is 0 Å². The van der Waals surface area contributed by atoms with Gasteiger partial charge in [-0.3, -0.25) is 10.1 Å². The van der Waals surface area contributed by atoms with Crippen molar-refractivity contribution in [2.24, 2.45) is 0 Å². The van der Waals surface area contributed by atoms with Crippen molar-refractivity contribution < 1.29 is 18.8 Å². The number of nitrogens with zero attached hydrogens (tertiary/aromatic N) is 2. The summed E-state index contributed by atoms with van der Waals surface area (Å²) < 4.78 is 10.1. The topological polar surface area (TPSA) is 106 Å². The minimum absolute atomic E-state index is 0.146. The summed E-state index contributed by atoms with van der Waals surface area (Å²) >= 11 is 1.29. The van der Waals surface area contributed by atoms with E-state index in [0.717, 1.165) is 5.56 Å². The first-order valence-corrected chi connectivity index (χ1v) is 9.87. The summed E-state index contributed by atoms with van der Waals surface area (Å²) in [6.07, 6.45) is 0. The first kappa shape index (κ1) is 20.5. The van der Waals surface area contributed by atoms with E-state index in [1.54, 1.807) is 11.4 Å². The molecule has 3 rings (SSSR count). The zero-order valence-corrected chi connectivity index (χ0v) is 17.2. The lowest BCUT2D eigenvalue weighted by atomic mass is 9.92. The number of esters is 1. The van der Waals surface area contributed by atoms with Crippen molar-refractivity contribution in [2.75, 3.05) is 17.2 Å². The Morgan fingerprint density at radius 3 is 2.66 bits per heavy atom. The Hall–Kier alpha value is -3.20. The van der Waals surface area contributed by atoms with Gasteiger partial charge in [-0.05, 0) is 5.56 Å². The number of thiazole rings is 1. The van der Waals surface area contributed by atoms with Crippen LogP contribution in [0.4, 0.5) is 11.0 Å². The highest BCUT2D eigenvalue weighted by atomic mass is 32.1. The molecule has 0 aliphatic heterocycles. The van der Waals surface area contributed by atoms with Gasteiger partial charge in [-0.25, -0.2) is 9.78 Å². The Kier molecular flexibility index (Phi) is 6.28. The summed E-state index contributed by atoms with van der Waals surface area (Å²) in [5.74, 6) is -0.984. The van der Waals surface area contributed by atoms with Crippen LogP contribution in [0.3, 0.4) is 0 Å². The molecule has 0 aliphatic carbocycles. The average Bonchev–Trinajstić information content (AvgIpc) is 3.35. The number of rotatable bonds is 7. The predicted octanol–water partition coefficient (Wildman–Crippen LogP) is 3.84. The van der Waals surface area contributed by atoms with Gasteiger partial charge in [0.05, 0.1) is 5.69 Å². The lowest BCUT2D eigenvalue weighted by molar-refractivity contribution is -0.119. The van der Waals surface area contributed by atoms with Gasteiger partial charge in [0.15, 0.2) is 17.4 Å². The summed E-state index contributed by atoms with van der Waals surface area (Å²) in [6.45, 7) is 6.09. The molecule has 0 unspecified atom stereocenters. The number of nitrogens with one attached hydrogen (secondary N) is 2. The molecule has 3 aromatic rings. The van der Waals surface area contributed by atoms with E-state index in [2.05, 4.69) is 20.8 Å². The third-order valence-corrected chi connectivity index (χ3v) is 4.68. The van der Waals surface area contributed by atoms with E-state index in [1.807, 2.05) is 51.1 Å². The van der Waals surface area contributed by atoms with Gasteiger partial charge >= 0.3 is 5.97 Å². The largest absolute Gasteiger partial charge is 0.451 e. The molecule has 0 bridgehead atoms. The van der Waals surface area contributed by atoms with E-state index in [1.165, 1.54) is 11.3 Å². The fraction of sp³-hybridized carbons (Fsp3) is 0.300. The molecule has 0 aliphatic rings. The van der Waals surface area contributed by atoms with Gasteiger partial charge in [-0.1, -0.05) is 56.3 Å². The van der Waals surface area contributed by atoms with Crippen molar-refractivity contribution >= 4 is 34.2 Å². The maximum absolute atomic E-state index is 12.1. The Balaban J connectivity index is 1.46. The lowest BCUT2D eigenvalue weighted by Crippen LogP contribution is -2.21. The molecule has 1 amide bonds. The van der Waals surface area contributed by atoms with E-state index < -0.39 is 18.5 Å². The molecule has 29 heavy (non-hydrogen) atoms.